The van der Waals surface area contributed by atoms with Crippen LogP contribution >= 0.6 is 0 Å². The van der Waals surface area contributed by atoms with E-state index in [1.807, 2.05) is 19.1 Å². The van der Waals surface area contributed by atoms with Crippen molar-refractivity contribution in [3.8, 4) is 0 Å². The van der Waals surface area contributed by atoms with E-state index in [-0.39, 0.29) is 0 Å². The fourth-order valence-electron chi connectivity index (χ4n) is 0.711. The van der Waals surface area contributed by atoms with Gasteiger partial charge in [0.1, 0.15) is 5.92 Å². The molecule has 0 fully saturated rings. The Morgan fingerprint density at radius 1 is 1.54 bits per heavy atom. The Morgan fingerprint density at radius 2 is 2.15 bits per heavy atom. The Kier molecular flexibility index (Phi) is 5.59. The molecule has 0 aliphatic rings. The molecule has 0 radical (unpaired) electrons. The summed E-state index contributed by atoms with van der Waals surface area (Å²) < 4.78 is 0. The maximum absolute atomic E-state index is 11.0. The van der Waals surface area contributed by atoms with E-state index in [9.17, 15) is 9.59 Å². The molecular weight excluding hydrogens is 170 g/mol. The second kappa shape index (κ2) is 6.22. The summed E-state index contributed by atoms with van der Waals surface area (Å²) in [6.07, 6.45) is 4.52. The third-order valence-electron chi connectivity index (χ3n) is 1.61. The molecule has 0 aromatic rings. The third kappa shape index (κ3) is 5.00. The standard InChI is InChI=1S/C9H15NO3/c1-3-4-5-6-10-8(11)7(2)9(12)13/h3-4,7H,5-6H2,1-2H3,(H,10,11)(H,12,13)/b4-3+. The quantitative estimate of drug-likeness (QED) is 0.378. The minimum absolute atomic E-state index is 0.433. The Hall–Kier alpha value is -1.32. The zero-order chi connectivity index (χ0) is 10.3. The zero-order valence-electron chi connectivity index (χ0n) is 7.91. The predicted molar refractivity (Wildman–Crippen MR) is 49.2 cm³/mol. The van der Waals surface area contributed by atoms with Crippen molar-refractivity contribution in [2.24, 2.45) is 5.92 Å². The number of carbonyl (C=O) groups excluding carboxylic acids is 1. The van der Waals surface area contributed by atoms with Crippen molar-refractivity contribution in [3.05, 3.63) is 12.2 Å². The van der Waals surface area contributed by atoms with E-state index >= 15 is 0 Å². The number of nitrogens with one attached hydrogen (secondary N) is 1. The molecule has 0 aromatic carbocycles. The molecule has 0 aromatic heterocycles. The van der Waals surface area contributed by atoms with Gasteiger partial charge in [0.15, 0.2) is 0 Å². The van der Waals surface area contributed by atoms with E-state index in [0.29, 0.717) is 6.54 Å². The molecule has 74 valence electrons. The number of rotatable bonds is 5. The number of hydrogen-bond acceptors (Lipinski definition) is 2. The van der Waals surface area contributed by atoms with Gasteiger partial charge in [0.25, 0.3) is 0 Å². The van der Waals surface area contributed by atoms with Crippen LogP contribution in [0.5, 0.6) is 0 Å². The van der Waals surface area contributed by atoms with Crippen LogP contribution in [0.25, 0.3) is 0 Å². The number of amides is 1. The summed E-state index contributed by atoms with van der Waals surface area (Å²) in [4.78, 5) is 21.4. The molecule has 4 nitrogen and oxygen atoms in total. The van der Waals surface area contributed by atoms with Gasteiger partial charge in [-0.15, -0.1) is 0 Å². The summed E-state index contributed by atoms with van der Waals surface area (Å²) >= 11 is 0. The van der Waals surface area contributed by atoms with Gasteiger partial charge in [-0.2, -0.15) is 0 Å². The lowest BCUT2D eigenvalue weighted by Gasteiger charge is -2.06. The molecule has 0 spiro atoms. The molecule has 4 heteroatoms. The van der Waals surface area contributed by atoms with Crippen LogP contribution in [-0.2, 0) is 9.59 Å². The van der Waals surface area contributed by atoms with Crippen LogP contribution < -0.4 is 5.32 Å². The van der Waals surface area contributed by atoms with Crippen molar-refractivity contribution >= 4 is 11.9 Å². The highest BCUT2D eigenvalue weighted by molar-refractivity contribution is 5.96. The molecular formula is C9H15NO3. The van der Waals surface area contributed by atoms with Crippen molar-refractivity contribution in [1.29, 1.82) is 0 Å². The van der Waals surface area contributed by atoms with Gasteiger partial charge < -0.3 is 10.4 Å². The number of allylic oxidation sites excluding steroid dienone is 1. The van der Waals surface area contributed by atoms with Crippen LogP contribution in [0.15, 0.2) is 12.2 Å². The second-order valence-corrected chi connectivity index (χ2v) is 2.71. The summed E-state index contributed by atoms with van der Waals surface area (Å²) in [5.41, 5.74) is 0. The van der Waals surface area contributed by atoms with E-state index < -0.39 is 17.8 Å². The minimum Gasteiger partial charge on any atom is -0.481 e. The first-order valence-electron chi connectivity index (χ1n) is 4.21. The summed E-state index contributed by atoms with van der Waals surface area (Å²) in [5, 5.41) is 11.0. The molecule has 0 heterocycles. The lowest BCUT2D eigenvalue weighted by atomic mass is 10.2. The first kappa shape index (κ1) is 11.7. The van der Waals surface area contributed by atoms with Crippen molar-refractivity contribution in [2.45, 2.75) is 20.3 Å². The van der Waals surface area contributed by atoms with Gasteiger partial charge in [-0.1, -0.05) is 12.2 Å². The van der Waals surface area contributed by atoms with Gasteiger partial charge in [0.05, 0.1) is 0 Å². The monoisotopic (exact) mass is 185 g/mol. The molecule has 0 saturated heterocycles. The van der Waals surface area contributed by atoms with Crippen molar-refractivity contribution in [2.75, 3.05) is 6.54 Å². The lowest BCUT2D eigenvalue weighted by Crippen LogP contribution is -2.33. The van der Waals surface area contributed by atoms with Crippen LogP contribution in [0, 0.1) is 5.92 Å². The highest BCUT2D eigenvalue weighted by atomic mass is 16.4. The normalized spacial score (nSPS) is 12.8. The van der Waals surface area contributed by atoms with Gasteiger partial charge >= 0.3 is 5.97 Å². The molecule has 1 atom stereocenters. The first-order valence-corrected chi connectivity index (χ1v) is 4.21. The molecule has 0 aliphatic heterocycles. The second-order valence-electron chi connectivity index (χ2n) is 2.71. The van der Waals surface area contributed by atoms with E-state index in [0.717, 1.165) is 6.42 Å². The van der Waals surface area contributed by atoms with E-state index in [2.05, 4.69) is 5.32 Å². The largest absolute Gasteiger partial charge is 0.481 e. The third-order valence-corrected chi connectivity index (χ3v) is 1.61. The molecule has 13 heavy (non-hydrogen) atoms. The first-order chi connectivity index (χ1) is 6.09. The summed E-state index contributed by atoms with van der Waals surface area (Å²) in [7, 11) is 0. The van der Waals surface area contributed by atoms with Crippen LogP contribution in [-0.4, -0.2) is 23.5 Å². The van der Waals surface area contributed by atoms with E-state index in [4.69, 9.17) is 5.11 Å². The number of carboxylic acid groups (broad SMARTS) is 1. The molecule has 1 unspecified atom stereocenters. The van der Waals surface area contributed by atoms with Gasteiger partial charge in [0.2, 0.25) is 5.91 Å². The highest BCUT2D eigenvalue weighted by Crippen LogP contribution is 1.94. The predicted octanol–water partition coefficient (Wildman–Crippen LogP) is 0.790. The summed E-state index contributed by atoms with van der Waals surface area (Å²) in [5.74, 6) is -2.49. The Balaban J connectivity index is 3.68. The summed E-state index contributed by atoms with van der Waals surface area (Å²) in [6.45, 7) is 3.75. The number of hydrogen-bond donors (Lipinski definition) is 2. The zero-order valence-corrected chi connectivity index (χ0v) is 7.91. The fraction of sp³-hybridized carbons (Fsp3) is 0.556. The maximum atomic E-state index is 11.0. The van der Waals surface area contributed by atoms with Crippen molar-refractivity contribution < 1.29 is 14.7 Å². The SMILES string of the molecule is C/C=C/CCNC(=O)C(C)C(=O)O. The van der Waals surface area contributed by atoms with E-state index in [1.54, 1.807) is 0 Å². The van der Waals surface area contributed by atoms with Gasteiger partial charge in [-0.3, -0.25) is 9.59 Å². The van der Waals surface area contributed by atoms with Crippen LogP contribution in [0.3, 0.4) is 0 Å². The molecule has 0 aliphatic carbocycles. The van der Waals surface area contributed by atoms with Crippen molar-refractivity contribution in [3.63, 3.8) is 0 Å². The summed E-state index contributed by atoms with van der Waals surface area (Å²) in [6, 6.07) is 0. The van der Waals surface area contributed by atoms with E-state index in [1.165, 1.54) is 6.92 Å². The Bertz CT molecular complexity index is 211. The van der Waals surface area contributed by atoms with Gasteiger partial charge in [-0.05, 0) is 20.3 Å². The Labute approximate surface area is 77.6 Å². The average Bonchev–Trinajstić information content (AvgIpc) is 2.10. The number of aliphatic carboxylic acids is 1. The fourth-order valence-corrected chi connectivity index (χ4v) is 0.711. The van der Waals surface area contributed by atoms with Crippen molar-refractivity contribution in [1.82, 2.24) is 5.32 Å². The van der Waals surface area contributed by atoms with Crippen LogP contribution in [0.4, 0.5) is 0 Å². The topological polar surface area (TPSA) is 66.4 Å². The molecule has 0 saturated carbocycles. The van der Waals surface area contributed by atoms with Crippen LogP contribution in [0.2, 0.25) is 0 Å². The molecule has 1 amide bonds. The lowest BCUT2D eigenvalue weighted by molar-refractivity contribution is -0.146. The molecule has 0 rings (SSSR count). The molecule has 0 bridgehead atoms. The highest BCUT2D eigenvalue weighted by Gasteiger charge is 2.19. The maximum Gasteiger partial charge on any atom is 0.315 e. The Morgan fingerprint density at radius 3 is 2.62 bits per heavy atom. The van der Waals surface area contributed by atoms with Gasteiger partial charge in [-0.25, -0.2) is 0 Å². The average molecular weight is 185 g/mol. The number of carbonyl (C=O) groups is 2. The van der Waals surface area contributed by atoms with Gasteiger partial charge in [0, 0.05) is 6.54 Å². The minimum atomic E-state index is -1.09. The number of carboxylic acids is 1. The smallest absolute Gasteiger partial charge is 0.315 e. The van der Waals surface area contributed by atoms with Crippen LogP contribution in [0.1, 0.15) is 20.3 Å². The molecule has 2 N–H and O–H groups in total.